The fraction of sp³-hybridized carbons (Fsp3) is 0.667. The Bertz CT molecular complexity index is 391. The lowest BCUT2D eigenvalue weighted by Gasteiger charge is -2.26. The second kappa shape index (κ2) is 4.87. The van der Waals surface area contributed by atoms with Crippen LogP contribution in [0.25, 0.3) is 0 Å². The molecule has 5 nitrogen and oxygen atoms in total. The second-order valence-corrected chi connectivity index (χ2v) is 5.23. The summed E-state index contributed by atoms with van der Waals surface area (Å²) in [5.74, 6) is -0.127. The van der Waals surface area contributed by atoms with Gasteiger partial charge in [0.1, 0.15) is 5.69 Å². The van der Waals surface area contributed by atoms with E-state index in [1.165, 1.54) is 4.90 Å². The molecular weight excluding hydrogens is 218 g/mol. The normalized spacial score (nSPS) is 11.9. The second-order valence-electron chi connectivity index (χ2n) is 5.23. The zero-order valence-electron chi connectivity index (χ0n) is 11.1. The highest BCUT2D eigenvalue weighted by Crippen LogP contribution is 2.12. The highest BCUT2D eigenvalue weighted by molar-refractivity contribution is 5.92. The van der Waals surface area contributed by atoms with Crippen molar-refractivity contribution in [3.8, 4) is 0 Å². The van der Waals surface area contributed by atoms with Crippen molar-refractivity contribution in [1.29, 1.82) is 0 Å². The Balaban J connectivity index is 2.86. The average molecular weight is 239 g/mol. The van der Waals surface area contributed by atoms with Gasteiger partial charge in [-0.05, 0) is 33.8 Å². The third kappa shape index (κ3) is 3.56. The largest absolute Gasteiger partial charge is 0.389 e. The summed E-state index contributed by atoms with van der Waals surface area (Å²) in [6.07, 6.45) is 1.62. The predicted molar refractivity (Wildman–Crippen MR) is 65.9 cm³/mol. The first-order valence-corrected chi connectivity index (χ1v) is 5.74. The van der Waals surface area contributed by atoms with Gasteiger partial charge in [-0.15, -0.1) is 0 Å². The molecule has 1 aromatic heterocycles. The lowest BCUT2D eigenvalue weighted by Crippen LogP contribution is -2.40. The van der Waals surface area contributed by atoms with E-state index < -0.39 is 5.60 Å². The van der Waals surface area contributed by atoms with Crippen LogP contribution in [0.2, 0.25) is 0 Å². The first-order chi connectivity index (χ1) is 7.72. The maximum Gasteiger partial charge on any atom is 0.271 e. The van der Waals surface area contributed by atoms with Gasteiger partial charge in [-0.25, -0.2) is 0 Å². The number of hydrogen-bond donors (Lipinski definition) is 1. The Morgan fingerprint density at radius 3 is 2.65 bits per heavy atom. The molecule has 0 saturated heterocycles. The van der Waals surface area contributed by atoms with Crippen molar-refractivity contribution in [2.45, 2.75) is 39.3 Å². The molecule has 0 aromatic carbocycles. The summed E-state index contributed by atoms with van der Waals surface area (Å²) in [7, 11) is 1.68. The molecule has 0 spiro atoms. The van der Waals surface area contributed by atoms with Gasteiger partial charge in [0.05, 0.1) is 5.60 Å². The van der Waals surface area contributed by atoms with Gasteiger partial charge in [0.2, 0.25) is 0 Å². The van der Waals surface area contributed by atoms with E-state index in [0.29, 0.717) is 5.69 Å². The van der Waals surface area contributed by atoms with Crippen LogP contribution in [0.15, 0.2) is 12.3 Å². The highest BCUT2D eigenvalue weighted by Gasteiger charge is 2.23. The third-order valence-corrected chi connectivity index (χ3v) is 2.35. The lowest BCUT2D eigenvalue weighted by atomic mass is 10.1. The van der Waals surface area contributed by atoms with Crippen molar-refractivity contribution in [3.63, 3.8) is 0 Å². The number of rotatable bonds is 4. The number of aromatic nitrogens is 2. The SMILES string of the molecule is CC(C)n1nccc1C(=O)N(C)CC(C)(C)O. The molecule has 0 aliphatic heterocycles. The van der Waals surface area contributed by atoms with Gasteiger partial charge in [-0.2, -0.15) is 5.10 Å². The van der Waals surface area contributed by atoms with Crippen LogP contribution in [0.5, 0.6) is 0 Å². The van der Waals surface area contributed by atoms with Crippen molar-refractivity contribution in [2.75, 3.05) is 13.6 Å². The molecule has 1 heterocycles. The van der Waals surface area contributed by atoms with Gasteiger partial charge in [-0.3, -0.25) is 9.48 Å². The fourth-order valence-electron chi connectivity index (χ4n) is 1.74. The van der Waals surface area contributed by atoms with Crippen LogP contribution in [0.3, 0.4) is 0 Å². The van der Waals surface area contributed by atoms with E-state index in [0.717, 1.165) is 0 Å². The maximum absolute atomic E-state index is 12.2. The Hall–Kier alpha value is -1.36. The van der Waals surface area contributed by atoms with Gasteiger partial charge in [0, 0.05) is 25.8 Å². The number of aliphatic hydroxyl groups is 1. The predicted octanol–water partition coefficient (Wildman–Crippen LogP) is 1.31. The van der Waals surface area contributed by atoms with E-state index in [9.17, 15) is 9.90 Å². The van der Waals surface area contributed by atoms with Crippen LogP contribution in [0.1, 0.15) is 44.2 Å². The fourth-order valence-corrected chi connectivity index (χ4v) is 1.74. The standard InChI is InChI=1S/C12H21N3O2/c1-9(2)15-10(6-7-13-15)11(16)14(5)8-12(3,4)17/h6-7,9,17H,8H2,1-5H3. The molecule has 17 heavy (non-hydrogen) atoms. The molecule has 0 unspecified atom stereocenters. The highest BCUT2D eigenvalue weighted by atomic mass is 16.3. The summed E-state index contributed by atoms with van der Waals surface area (Å²) < 4.78 is 1.68. The summed E-state index contributed by atoms with van der Waals surface area (Å²) in [6, 6.07) is 1.84. The molecule has 0 atom stereocenters. The average Bonchev–Trinajstić information content (AvgIpc) is 2.61. The van der Waals surface area contributed by atoms with Crippen molar-refractivity contribution < 1.29 is 9.90 Å². The molecule has 1 N–H and O–H groups in total. The Kier molecular flexibility index (Phi) is 3.93. The Labute approximate surface area is 102 Å². The number of nitrogens with zero attached hydrogens (tertiary/aromatic N) is 3. The van der Waals surface area contributed by atoms with E-state index in [-0.39, 0.29) is 18.5 Å². The molecule has 1 rings (SSSR count). The number of likely N-dealkylation sites (N-methyl/N-ethyl adjacent to an activating group) is 1. The van der Waals surface area contributed by atoms with E-state index in [1.807, 2.05) is 13.8 Å². The van der Waals surface area contributed by atoms with Crippen molar-refractivity contribution >= 4 is 5.91 Å². The smallest absolute Gasteiger partial charge is 0.271 e. The third-order valence-electron chi connectivity index (χ3n) is 2.35. The molecule has 0 aliphatic carbocycles. The molecule has 5 heteroatoms. The summed E-state index contributed by atoms with van der Waals surface area (Å²) in [4.78, 5) is 13.7. The zero-order valence-corrected chi connectivity index (χ0v) is 11.1. The summed E-state index contributed by atoms with van der Waals surface area (Å²) in [6.45, 7) is 7.58. The van der Waals surface area contributed by atoms with Gasteiger partial charge in [0.25, 0.3) is 5.91 Å². The van der Waals surface area contributed by atoms with Crippen LogP contribution >= 0.6 is 0 Å². The summed E-state index contributed by atoms with van der Waals surface area (Å²) >= 11 is 0. The minimum absolute atomic E-state index is 0.127. The van der Waals surface area contributed by atoms with Crippen LogP contribution < -0.4 is 0 Å². The van der Waals surface area contributed by atoms with Gasteiger partial charge in [0.15, 0.2) is 0 Å². The number of carbonyl (C=O) groups excluding carboxylic acids is 1. The molecule has 0 bridgehead atoms. The maximum atomic E-state index is 12.2. The minimum Gasteiger partial charge on any atom is -0.389 e. The topological polar surface area (TPSA) is 58.4 Å². The summed E-state index contributed by atoms with van der Waals surface area (Å²) in [5, 5.41) is 13.8. The van der Waals surface area contributed by atoms with Gasteiger partial charge < -0.3 is 10.0 Å². The Morgan fingerprint density at radius 1 is 1.59 bits per heavy atom. The van der Waals surface area contributed by atoms with Crippen molar-refractivity contribution in [2.24, 2.45) is 0 Å². The molecule has 0 fully saturated rings. The van der Waals surface area contributed by atoms with Crippen LogP contribution in [0.4, 0.5) is 0 Å². The first kappa shape index (κ1) is 13.7. The van der Waals surface area contributed by atoms with Crippen LogP contribution in [-0.2, 0) is 0 Å². The first-order valence-electron chi connectivity index (χ1n) is 5.74. The molecule has 0 saturated carbocycles. The monoisotopic (exact) mass is 239 g/mol. The van der Waals surface area contributed by atoms with E-state index >= 15 is 0 Å². The van der Waals surface area contributed by atoms with E-state index in [1.54, 1.807) is 37.8 Å². The number of hydrogen-bond acceptors (Lipinski definition) is 3. The molecule has 96 valence electrons. The summed E-state index contributed by atoms with van der Waals surface area (Å²) in [5.41, 5.74) is -0.348. The molecule has 1 amide bonds. The quantitative estimate of drug-likeness (QED) is 0.861. The van der Waals surface area contributed by atoms with Gasteiger partial charge in [-0.1, -0.05) is 0 Å². The number of carbonyl (C=O) groups is 1. The minimum atomic E-state index is -0.896. The van der Waals surface area contributed by atoms with Gasteiger partial charge >= 0.3 is 0 Å². The lowest BCUT2D eigenvalue weighted by molar-refractivity contribution is 0.0360. The zero-order chi connectivity index (χ0) is 13.2. The van der Waals surface area contributed by atoms with Crippen molar-refractivity contribution in [3.05, 3.63) is 18.0 Å². The van der Waals surface area contributed by atoms with Crippen molar-refractivity contribution in [1.82, 2.24) is 14.7 Å². The molecule has 0 aliphatic rings. The van der Waals surface area contributed by atoms with E-state index in [4.69, 9.17) is 0 Å². The molecular formula is C12H21N3O2. The molecule has 1 aromatic rings. The Morgan fingerprint density at radius 2 is 2.18 bits per heavy atom. The van der Waals surface area contributed by atoms with E-state index in [2.05, 4.69) is 5.10 Å². The van der Waals surface area contributed by atoms with Crippen LogP contribution in [-0.4, -0.2) is 44.9 Å². The molecule has 0 radical (unpaired) electrons. The number of amides is 1. The van der Waals surface area contributed by atoms with Crippen LogP contribution in [0, 0.1) is 0 Å².